The number of nitrogens with one attached hydrogen (secondary N) is 1. The second kappa shape index (κ2) is 12.1. The van der Waals surface area contributed by atoms with Crippen molar-refractivity contribution in [2.45, 2.75) is 68.2 Å². The van der Waals surface area contributed by atoms with Crippen LogP contribution in [0.15, 0.2) is 84.6 Å². The zero-order valence-electron chi connectivity index (χ0n) is 24.7. The Bertz CT molecular complexity index is 1290. The van der Waals surface area contributed by atoms with Crippen LogP contribution in [0.25, 0.3) is 0 Å². The minimum Gasteiger partial charge on any atom is -0.358 e. The number of allylic oxidation sites excluding steroid dienone is 4. The van der Waals surface area contributed by atoms with E-state index in [4.69, 9.17) is 0 Å². The van der Waals surface area contributed by atoms with Crippen LogP contribution in [0.3, 0.4) is 0 Å². The van der Waals surface area contributed by atoms with Gasteiger partial charge in [0.2, 0.25) is 0 Å². The van der Waals surface area contributed by atoms with Crippen LogP contribution in [-0.4, -0.2) is 0 Å². The molecule has 2 atom stereocenters. The number of rotatable bonds is 9. The van der Waals surface area contributed by atoms with Crippen molar-refractivity contribution in [3.63, 3.8) is 0 Å². The van der Waals surface area contributed by atoms with Crippen LogP contribution in [0.1, 0.15) is 63.3 Å². The van der Waals surface area contributed by atoms with Crippen molar-refractivity contribution < 1.29 is 0 Å². The van der Waals surface area contributed by atoms with Crippen LogP contribution < -0.4 is 10.2 Å². The summed E-state index contributed by atoms with van der Waals surface area (Å²) in [5.74, 6) is 2.38. The van der Waals surface area contributed by atoms with Gasteiger partial charge in [-0.25, -0.2) is 0 Å². The van der Waals surface area contributed by atoms with E-state index in [9.17, 15) is 0 Å². The van der Waals surface area contributed by atoms with Gasteiger partial charge in [0.05, 0.1) is 0 Å². The highest BCUT2D eigenvalue weighted by Gasteiger charge is 2.23. The Balaban J connectivity index is 1.71. The van der Waals surface area contributed by atoms with Crippen molar-refractivity contribution in [3.8, 4) is 0 Å². The Hall–Kier alpha value is -3.26. The molecule has 1 aliphatic carbocycles. The van der Waals surface area contributed by atoms with Crippen LogP contribution in [0, 0.1) is 44.4 Å². The number of hydrogen-bond acceptors (Lipinski definition) is 2. The Kier molecular flexibility index (Phi) is 8.82. The first-order chi connectivity index (χ1) is 18.1. The lowest BCUT2D eigenvalue weighted by atomic mass is 9.81. The van der Waals surface area contributed by atoms with Gasteiger partial charge in [-0.15, -0.1) is 0 Å². The topological polar surface area (TPSA) is 15.3 Å². The van der Waals surface area contributed by atoms with E-state index < -0.39 is 0 Å². The summed E-state index contributed by atoms with van der Waals surface area (Å²) in [4.78, 5) is 2.42. The third-order valence-electron chi connectivity index (χ3n) is 7.68. The normalized spacial score (nSPS) is 17.2. The predicted octanol–water partition coefficient (Wildman–Crippen LogP) is 10.4. The maximum absolute atomic E-state index is 3.82. The molecule has 38 heavy (non-hydrogen) atoms. The predicted molar refractivity (Wildman–Crippen MR) is 167 cm³/mol. The highest BCUT2D eigenvalue weighted by atomic mass is 15.1. The van der Waals surface area contributed by atoms with Crippen LogP contribution in [0.4, 0.5) is 22.7 Å². The molecule has 200 valence electrons. The molecule has 0 amide bonds. The van der Waals surface area contributed by atoms with Crippen molar-refractivity contribution in [2.24, 2.45) is 23.7 Å². The van der Waals surface area contributed by atoms with E-state index in [0.717, 1.165) is 6.42 Å². The summed E-state index contributed by atoms with van der Waals surface area (Å²) in [6, 6.07) is 22.6. The molecule has 0 fully saturated rings. The smallest absolute Gasteiger partial charge is 0.0494 e. The zero-order chi connectivity index (χ0) is 27.4. The summed E-state index contributed by atoms with van der Waals surface area (Å²) in [5.41, 5.74) is 11.3. The second-order valence-electron chi connectivity index (χ2n) is 12.1. The molecular formula is C36H46N2. The lowest BCUT2D eigenvalue weighted by Crippen LogP contribution is -2.21. The van der Waals surface area contributed by atoms with E-state index >= 15 is 0 Å². The van der Waals surface area contributed by atoms with E-state index in [0.29, 0.717) is 23.7 Å². The van der Waals surface area contributed by atoms with E-state index in [1.54, 1.807) is 0 Å². The lowest BCUT2D eigenvalue weighted by Gasteiger charge is -2.31. The Morgan fingerprint density at radius 3 is 2.24 bits per heavy atom. The fourth-order valence-electron chi connectivity index (χ4n) is 5.58. The van der Waals surface area contributed by atoms with E-state index in [-0.39, 0.29) is 0 Å². The molecule has 0 saturated carbocycles. The third kappa shape index (κ3) is 6.59. The van der Waals surface area contributed by atoms with Gasteiger partial charge >= 0.3 is 0 Å². The summed E-state index contributed by atoms with van der Waals surface area (Å²) >= 11 is 0. The van der Waals surface area contributed by atoms with E-state index in [1.165, 1.54) is 57.1 Å². The molecule has 2 nitrogen and oxygen atoms in total. The van der Waals surface area contributed by atoms with Gasteiger partial charge < -0.3 is 10.2 Å². The molecule has 0 heterocycles. The molecule has 0 aliphatic heterocycles. The molecule has 1 aliphatic rings. The second-order valence-corrected chi connectivity index (χ2v) is 12.1. The molecule has 0 bridgehead atoms. The van der Waals surface area contributed by atoms with Gasteiger partial charge in [-0.1, -0.05) is 76.6 Å². The standard InChI is InChI=1S/C36H46N2/c1-24(2)19-30-11-9-13-33(23-30)38(32-17-15-26(5)16-18-32)36-22-27(6)35(21-28(36)7)37-34-14-10-12-31(29(34)8)20-25(3)4/h9-18,21-25,29,31,37H,19-20H2,1-8H3. The van der Waals surface area contributed by atoms with Crippen molar-refractivity contribution >= 4 is 22.7 Å². The van der Waals surface area contributed by atoms with Crippen LogP contribution in [-0.2, 0) is 6.42 Å². The van der Waals surface area contributed by atoms with Crippen LogP contribution >= 0.6 is 0 Å². The summed E-state index contributed by atoms with van der Waals surface area (Å²) in [7, 11) is 0. The Morgan fingerprint density at radius 1 is 0.816 bits per heavy atom. The number of nitrogens with zero attached hydrogens (tertiary/aromatic N) is 1. The minimum absolute atomic E-state index is 0.481. The summed E-state index contributed by atoms with van der Waals surface area (Å²) in [5, 5.41) is 3.82. The van der Waals surface area contributed by atoms with E-state index in [1.807, 2.05) is 0 Å². The average Bonchev–Trinajstić information content (AvgIpc) is 2.85. The van der Waals surface area contributed by atoms with Crippen LogP contribution in [0.2, 0.25) is 0 Å². The maximum Gasteiger partial charge on any atom is 0.0494 e. The fourth-order valence-corrected chi connectivity index (χ4v) is 5.58. The highest BCUT2D eigenvalue weighted by molar-refractivity contribution is 5.81. The number of benzene rings is 3. The van der Waals surface area contributed by atoms with Gasteiger partial charge in [0, 0.05) is 34.4 Å². The third-order valence-corrected chi connectivity index (χ3v) is 7.68. The largest absolute Gasteiger partial charge is 0.358 e. The Labute approximate surface area is 231 Å². The zero-order valence-corrected chi connectivity index (χ0v) is 24.7. The van der Waals surface area contributed by atoms with Gasteiger partial charge in [-0.2, -0.15) is 0 Å². The molecule has 0 aromatic heterocycles. The van der Waals surface area contributed by atoms with Crippen molar-refractivity contribution in [2.75, 3.05) is 10.2 Å². The Morgan fingerprint density at radius 2 is 1.55 bits per heavy atom. The molecule has 3 aromatic rings. The molecule has 0 saturated heterocycles. The van der Waals surface area contributed by atoms with Gasteiger partial charge in [-0.05, 0) is 111 Å². The first kappa shape index (κ1) is 27.8. The molecule has 0 radical (unpaired) electrons. The fraction of sp³-hybridized carbons (Fsp3) is 0.389. The summed E-state index contributed by atoms with van der Waals surface area (Å²) in [6.45, 7) is 18.2. The molecule has 0 spiro atoms. The number of hydrogen-bond donors (Lipinski definition) is 1. The SMILES string of the molecule is Cc1ccc(N(c2cccc(CC(C)C)c2)c2cc(C)c(NC3=CC=CC(CC(C)C)C3C)cc2C)cc1. The number of aryl methyl sites for hydroxylation is 3. The van der Waals surface area contributed by atoms with Gasteiger partial charge in [-0.3, -0.25) is 0 Å². The van der Waals surface area contributed by atoms with Crippen molar-refractivity contribution in [1.29, 1.82) is 0 Å². The molecule has 3 aromatic carbocycles. The highest BCUT2D eigenvalue weighted by Crippen LogP contribution is 2.40. The quantitative estimate of drug-likeness (QED) is 0.310. The van der Waals surface area contributed by atoms with Gasteiger partial charge in [0.1, 0.15) is 0 Å². The van der Waals surface area contributed by atoms with Crippen molar-refractivity contribution in [1.82, 2.24) is 0 Å². The maximum atomic E-state index is 3.82. The molecule has 1 N–H and O–H groups in total. The van der Waals surface area contributed by atoms with Gasteiger partial charge in [0.25, 0.3) is 0 Å². The molecule has 2 heteroatoms. The molecular weight excluding hydrogens is 460 g/mol. The van der Waals surface area contributed by atoms with E-state index in [2.05, 4.69) is 144 Å². The first-order valence-electron chi connectivity index (χ1n) is 14.3. The summed E-state index contributed by atoms with van der Waals surface area (Å²) < 4.78 is 0. The number of anilines is 4. The monoisotopic (exact) mass is 506 g/mol. The van der Waals surface area contributed by atoms with Crippen LogP contribution in [0.5, 0.6) is 0 Å². The molecule has 2 unspecified atom stereocenters. The van der Waals surface area contributed by atoms with Crippen molar-refractivity contribution in [3.05, 3.63) is 107 Å². The minimum atomic E-state index is 0.481. The lowest BCUT2D eigenvalue weighted by molar-refractivity contribution is 0.392. The average molecular weight is 507 g/mol. The first-order valence-corrected chi connectivity index (χ1v) is 14.3. The summed E-state index contributed by atoms with van der Waals surface area (Å²) in [6.07, 6.45) is 9.16. The molecule has 4 rings (SSSR count). The van der Waals surface area contributed by atoms with Gasteiger partial charge in [0.15, 0.2) is 0 Å².